The summed E-state index contributed by atoms with van der Waals surface area (Å²) in [6, 6.07) is 1.91. The average Bonchev–Trinajstić information content (AvgIpc) is 2.60. The van der Waals surface area contributed by atoms with Gasteiger partial charge in [-0.1, -0.05) is 0 Å². The van der Waals surface area contributed by atoms with Crippen LogP contribution in [0.15, 0.2) is 16.7 Å². The van der Waals surface area contributed by atoms with Gasteiger partial charge in [0, 0.05) is 10.7 Å². The number of hydrogen-bond acceptors (Lipinski definition) is 4. The maximum absolute atomic E-state index is 11.2. The van der Waals surface area contributed by atoms with E-state index in [9.17, 15) is 4.79 Å². The molecule has 0 aromatic carbocycles. The van der Waals surface area contributed by atoms with E-state index in [-0.39, 0.29) is 5.82 Å². The maximum atomic E-state index is 11.2. The minimum atomic E-state index is -0.533. The number of hydrogen-bond donors (Lipinski definition) is 0. The molecule has 2 aromatic heterocycles. The largest absolute Gasteiger partial charge is 0.463 e. The molecule has 2 rings (SSSR count). The Hall–Kier alpha value is -1.43. The molecule has 0 spiro atoms. The summed E-state index contributed by atoms with van der Waals surface area (Å²) in [5.74, 6) is -0.465. The number of esters is 1. The van der Waals surface area contributed by atoms with Crippen molar-refractivity contribution in [1.82, 2.24) is 14.6 Å². The molecule has 0 aliphatic heterocycles. The lowest BCUT2D eigenvalue weighted by atomic mass is 10.3. The summed E-state index contributed by atoms with van der Waals surface area (Å²) in [6.45, 7) is 1.90. The Morgan fingerprint density at radius 3 is 3.00 bits per heavy atom. The van der Waals surface area contributed by atoms with Gasteiger partial charge in [0.15, 0.2) is 5.65 Å². The van der Waals surface area contributed by atoms with Gasteiger partial charge in [-0.3, -0.25) is 0 Å². The molecule has 0 bridgehead atoms. The lowest BCUT2D eigenvalue weighted by molar-refractivity contribution is 0.0587. The van der Waals surface area contributed by atoms with Crippen molar-refractivity contribution in [2.45, 2.75) is 6.92 Å². The first-order chi connectivity index (χ1) is 7.11. The van der Waals surface area contributed by atoms with Crippen molar-refractivity contribution in [2.75, 3.05) is 7.11 Å². The molecule has 0 amide bonds. The van der Waals surface area contributed by atoms with Crippen molar-refractivity contribution < 1.29 is 9.53 Å². The number of fused-ring (bicyclic) bond motifs is 1. The first kappa shape index (κ1) is 10.1. The first-order valence-corrected chi connectivity index (χ1v) is 5.02. The van der Waals surface area contributed by atoms with Gasteiger partial charge in [0.25, 0.3) is 5.82 Å². The van der Waals surface area contributed by atoms with E-state index in [4.69, 9.17) is 0 Å². The van der Waals surface area contributed by atoms with Crippen molar-refractivity contribution in [3.63, 3.8) is 0 Å². The summed E-state index contributed by atoms with van der Waals surface area (Å²) in [5, 5.41) is 4.01. The van der Waals surface area contributed by atoms with Gasteiger partial charge in [0.05, 0.1) is 7.11 Å². The van der Waals surface area contributed by atoms with Crippen LogP contribution in [0, 0.1) is 6.92 Å². The van der Waals surface area contributed by atoms with Gasteiger partial charge in [-0.05, 0) is 34.5 Å². The minimum Gasteiger partial charge on any atom is -0.463 e. The molecule has 0 N–H and O–H groups in total. The molecule has 0 fully saturated rings. The third kappa shape index (κ3) is 1.72. The molecular weight excluding hydrogens is 262 g/mol. The van der Waals surface area contributed by atoms with Crippen LogP contribution in [-0.2, 0) is 4.74 Å². The van der Waals surface area contributed by atoms with Crippen molar-refractivity contribution >= 4 is 27.5 Å². The zero-order chi connectivity index (χ0) is 11.0. The number of aryl methyl sites for hydroxylation is 1. The Morgan fingerprint density at radius 2 is 2.33 bits per heavy atom. The van der Waals surface area contributed by atoms with Crippen LogP contribution in [0.2, 0.25) is 0 Å². The third-order valence-corrected chi connectivity index (χ3v) is 2.39. The predicted molar refractivity (Wildman–Crippen MR) is 56.8 cm³/mol. The second-order valence-electron chi connectivity index (χ2n) is 3.04. The molecule has 0 aliphatic rings. The highest BCUT2D eigenvalue weighted by Crippen LogP contribution is 2.15. The van der Waals surface area contributed by atoms with Crippen LogP contribution in [0.4, 0.5) is 0 Å². The van der Waals surface area contributed by atoms with Crippen molar-refractivity contribution in [2.24, 2.45) is 0 Å². The zero-order valence-electron chi connectivity index (χ0n) is 8.19. The number of halogens is 1. The number of carbonyl (C=O) groups excluding carboxylic acids is 1. The van der Waals surface area contributed by atoms with Crippen LogP contribution in [0.25, 0.3) is 5.65 Å². The average molecular weight is 270 g/mol. The van der Waals surface area contributed by atoms with Gasteiger partial charge in [0.2, 0.25) is 0 Å². The SMILES string of the molecule is COC(=O)c1nc2c(C)cc(Br)cn2n1. The van der Waals surface area contributed by atoms with E-state index >= 15 is 0 Å². The van der Waals surface area contributed by atoms with Crippen LogP contribution >= 0.6 is 15.9 Å². The molecule has 2 aromatic rings. The van der Waals surface area contributed by atoms with Crippen LogP contribution in [-0.4, -0.2) is 27.7 Å². The zero-order valence-corrected chi connectivity index (χ0v) is 9.78. The van der Waals surface area contributed by atoms with Crippen LogP contribution in [0.5, 0.6) is 0 Å². The standard InChI is InChI=1S/C9H8BrN3O2/c1-5-3-6(10)4-13-8(5)11-7(12-13)9(14)15-2/h3-4H,1-2H3. The highest BCUT2D eigenvalue weighted by atomic mass is 79.9. The van der Waals surface area contributed by atoms with Gasteiger partial charge < -0.3 is 4.74 Å². The molecule has 0 saturated heterocycles. The van der Waals surface area contributed by atoms with Gasteiger partial charge in [-0.25, -0.2) is 14.3 Å². The van der Waals surface area contributed by atoms with Gasteiger partial charge in [-0.2, -0.15) is 0 Å². The van der Waals surface area contributed by atoms with Crippen molar-refractivity contribution in [1.29, 1.82) is 0 Å². The fourth-order valence-corrected chi connectivity index (χ4v) is 1.82. The number of aromatic nitrogens is 3. The summed E-state index contributed by atoms with van der Waals surface area (Å²) in [6.07, 6.45) is 1.74. The van der Waals surface area contributed by atoms with Crippen LogP contribution in [0.1, 0.15) is 16.2 Å². The van der Waals surface area contributed by atoms with E-state index in [1.165, 1.54) is 7.11 Å². The van der Waals surface area contributed by atoms with Crippen LogP contribution in [0.3, 0.4) is 0 Å². The minimum absolute atomic E-state index is 0.0682. The van der Waals surface area contributed by atoms with Gasteiger partial charge >= 0.3 is 5.97 Å². The maximum Gasteiger partial charge on any atom is 0.377 e. The van der Waals surface area contributed by atoms with E-state index in [2.05, 4.69) is 30.7 Å². The van der Waals surface area contributed by atoms with E-state index in [1.54, 1.807) is 10.7 Å². The van der Waals surface area contributed by atoms with E-state index < -0.39 is 5.97 Å². The second-order valence-corrected chi connectivity index (χ2v) is 3.95. The highest BCUT2D eigenvalue weighted by molar-refractivity contribution is 9.10. The Kier molecular flexibility index (Phi) is 2.44. The molecule has 78 valence electrons. The first-order valence-electron chi connectivity index (χ1n) is 4.22. The normalized spacial score (nSPS) is 10.6. The molecule has 15 heavy (non-hydrogen) atoms. The Bertz CT molecular complexity index is 535. The number of methoxy groups -OCH3 is 1. The summed E-state index contributed by atoms with van der Waals surface area (Å²) in [4.78, 5) is 15.3. The Labute approximate surface area is 94.2 Å². The number of rotatable bonds is 1. The quantitative estimate of drug-likeness (QED) is 0.738. The molecule has 0 atom stereocenters. The molecule has 6 heteroatoms. The van der Waals surface area contributed by atoms with Crippen LogP contribution < -0.4 is 0 Å². The monoisotopic (exact) mass is 269 g/mol. The Morgan fingerprint density at radius 1 is 1.60 bits per heavy atom. The fourth-order valence-electron chi connectivity index (χ4n) is 1.29. The number of carbonyl (C=O) groups is 1. The molecular formula is C9H8BrN3O2. The van der Waals surface area contributed by atoms with Gasteiger partial charge in [0.1, 0.15) is 0 Å². The molecule has 5 nitrogen and oxygen atoms in total. The second kappa shape index (κ2) is 3.62. The summed E-state index contributed by atoms with van der Waals surface area (Å²) in [5.41, 5.74) is 1.59. The van der Waals surface area contributed by atoms with E-state index in [0.29, 0.717) is 5.65 Å². The molecule has 0 unspecified atom stereocenters. The topological polar surface area (TPSA) is 56.5 Å². The van der Waals surface area contributed by atoms with E-state index in [0.717, 1.165) is 10.0 Å². The lowest BCUT2D eigenvalue weighted by Crippen LogP contribution is -2.03. The number of pyridine rings is 1. The van der Waals surface area contributed by atoms with Gasteiger partial charge in [-0.15, -0.1) is 5.10 Å². The summed E-state index contributed by atoms with van der Waals surface area (Å²) in [7, 11) is 1.30. The molecule has 0 aliphatic carbocycles. The van der Waals surface area contributed by atoms with Crippen molar-refractivity contribution in [3.8, 4) is 0 Å². The fraction of sp³-hybridized carbons (Fsp3) is 0.222. The molecule has 0 saturated carbocycles. The number of ether oxygens (including phenoxy) is 1. The third-order valence-electron chi connectivity index (χ3n) is 1.95. The van der Waals surface area contributed by atoms with Crippen molar-refractivity contribution in [3.05, 3.63) is 28.1 Å². The Balaban J connectivity index is 2.65. The molecule has 2 heterocycles. The highest BCUT2D eigenvalue weighted by Gasteiger charge is 2.14. The van der Waals surface area contributed by atoms with E-state index in [1.807, 2.05) is 13.0 Å². The summed E-state index contributed by atoms with van der Waals surface area (Å²) >= 11 is 3.34. The lowest BCUT2D eigenvalue weighted by Gasteiger charge is -1.96. The molecule has 0 radical (unpaired) electrons. The summed E-state index contributed by atoms with van der Waals surface area (Å²) < 4.78 is 6.98. The predicted octanol–water partition coefficient (Wildman–Crippen LogP) is 1.59. The smallest absolute Gasteiger partial charge is 0.377 e. The number of nitrogens with zero attached hydrogens (tertiary/aromatic N) is 3.